The number of nitrogens with one attached hydrogen (secondary N) is 1. The Morgan fingerprint density at radius 1 is 1.08 bits per heavy atom. The molecule has 0 bridgehead atoms. The molecule has 1 aliphatic rings. The number of likely N-dealkylation sites (tertiary alicyclic amines) is 1. The van der Waals surface area contributed by atoms with Crippen molar-refractivity contribution in [2.45, 2.75) is 25.9 Å². The number of rotatable bonds is 3. The van der Waals surface area contributed by atoms with E-state index in [0.29, 0.717) is 11.3 Å². The molecular weight excluding hydrogens is 325 g/mol. The van der Waals surface area contributed by atoms with Crippen molar-refractivity contribution in [3.8, 4) is 0 Å². The maximum Gasteiger partial charge on any atom is 0.471 e. The maximum atomic E-state index is 12.4. The summed E-state index contributed by atoms with van der Waals surface area (Å²) in [6, 6.07) is 6.36. The van der Waals surface area contributed by atoms with Gasteiger partial charge < -0.3 is 10.2 Å². The Morgan fingerprint density at radius 3 is 2.08 bits per heavy atom. The van der Waals surface area contributed by atoms with Gasteiger partial charge in [-0.25, -0.2) is 0 Å². The van der Waals surface area contributed by atoms with E-state index in [-0.39, 0.29) is 37.6 Å². The van der Waals surface area contributed by atoms with Gasteiger partial charge in [0, 0.05) is 30.3 Å². The molecule has 0 spiro atoms. The van der Waals surface area contributed by atoms with Crippen LogP contribution >= 0.6 is 0 Å². The second kappa shape index (κ2) is 7.02. The fourth-order valence-electron chi connectivity index (χ4n) is 2.56. The Balaban J connectivity index is 1.89. The van der Waals surface area contributed by atoms with Gasteiger partial charge in [0.15, 0.2) is 5.78 Å². The van der Waals surface area contributed by atoms with Crippen LogP contribution in [0.3, 0.4) is 0 Å². The van der Waals surface area contributed by atoms with E-state index in [0.717, 1.165) is 4.90 Å². The fraction of sp³-hybridized carbons (Fsp3) is 0.438. The number of Topliss-reactive ketones (excluding diaryl/α,β-unsaturated/α-hetero) is 1. The van der Waals surface area contributed by atoms with Crippen LogP contribution in [0.1, 0.15) is 30.1 Å². The lowest BCUT2D eigenvalue weighted by atomic mass is 9.95. The Labute approximate surface area is 136 Å². The van der Waals surface area contributed by atoms with E-state index >= 15 is 0 Å². The number of benzene rings is 1. The molecule has 1 heterocycles. The number of ketones is 1. The third kappa shape index (κ3) is 4.33. The average molecular weight is 342 g/mol. The van der Waals surface area contributed by atoms with Crippen LogP contribution in [0.15, 0.2) is 24.3 Å². The van der Waals surface area contributed by atoms with Crippen molar-refractivity contribution < 1.29 is 27.6 Å². The molecule has 1 aliphatic heterocycles. The van der Waals surface area contributed by atoms with Gasteiger partial charge in [-0.05, 0) is 44.0 Å². The number of hydrogen-bond acceptors (Lipinski definition) is 3. The highest BCUT2D eigenvalue weighted by Gasteiger charge is 2.43. The van der Waals surface area contributed by atoms with Gasteiger partial charge in [-0.2, -0.15) is 13.2 Å². The van der Waals surface area contributed by atoms with Gasteiger partial charge in [0.1, 0.15) is 0 Å². The summed E-state index contributed by atoms with van der Waals surface area (Å²) in [4.78, 5) is 35.2. The minimum Gasteiger partial charge on any atom is -0.335 e. The molecule has 0 aliphatic carbocycles. The fourth-order valence-corrected chi connectivity index (χ4v) is 2.56. The molecule has 0 atom stereocenters. The van der Waals surface area contributed by atoms with Crippen LogP contribution in [0.2, 0.25) is 0 Å². The number of carbonyl (C=O) groups excluding carboxylic acids is 3. The summed E-state index contributed by atoms with van der Waals surface area (Å²) in [6.07, 6.45) is -4.52. The summed E-state index contributed by atoms with van der Waals surface area (Å²) in [6.45, 7) is 1.24. The largest absolute Gasteiger partial charge is 0.471 e. The summed E-state index contributed by atoms with van der Waals surface area (Å²) in [5.74, 6) is -2.70. The van der Waals surface area contributed by atoms with Crippen LogP contribution in [0.5, 0.6) is 0 Å². The second-order valence-electron chi connectivity index (χ2n) is 5.69. The normalized spacial score (nSPS) is 15.9. The standard InChI is InChI=1S/C16H17F3N2O3/c1-10(22)11-2-4-13(5-3-11)20-14(23)12-6-8-21(9-7-12)15(24)16(17,18)19/h2-5,12H,6-9H2,1H3,(H,20,23). The van der Waals surface area contributed by atoms with Gasteiger partial charge in [-0.1, -0.05) is 0 Å². The van der Waals surface area contributed by atoms with Crippen molar-refractivity contribution in [3.63, 3.8) is 0 Å². The monoisotopic (exact) mass is 342 g/mol. The Kier molecular flexibility index (Phi) is 5.26. The van der Waals surface area contributed by atoms with Crippen molar-refractivity contribution >= 4 is 23.3 Å². The molecule has 130 valence electrons. The SMILES string of the molecule is CC(=O)c1ccc(NC(=O)C2CCN(C(=O)C(F)(F)F)CC2)cc1. The molecule has 1 N–H and O–H groups in total. The van der Waals surface area contributed by atoms with E-state index in [2.05, 4.69) is 5.32 Å². The minimum atomic E-state index is -4.88. The molecule has 8 heteroatoms. The molecule has 0 saturated carbocycles. The van der Waals surface area contributed by atoms with Crippen molar-refractivity contribution in [1.82, 2.24) is 4.90 Å². The number of carbonyl (C=O) groups is 3. The molecule has 5 nitrogen and oxygen atoms in total. The van der Waals surface area contributed by atoms with Crippen LogP contribution < -0.4 is 5.32 Å². The number of nitrogens with zero attached hydrogens (tertiary/aromatic N) is 1. The number of anilines is 1. The topological polar surface area (TPSA) is 66.5 Å². The van der Waals surface area contributed by atoms with Crippen LogP contribution in [-0.4, -0.2) is 41.8 Å². The van der Waals surface area contributed by atoms with Crippen LogP contribution in [0, 0.1) is 5.92 Å². The first-order valence-electron chi connectivity index (χ1n) is 7.46. The molecule has 1 saturated heterocycles. The zero-order valence-corrected chi connectivity index (χ0v) is 13.0. The van der Waals surface area contributed by atoms with Gasteiger partial charge in [-0.15, -0.1) is 0 Å². The quantitative estimate of drug-likeness (QED) is 0.859. The summed E-state index contributed by atoms with van der Waals surface area (Å²) >= 11 is 0. The average Bonchev–Trinajstić information content (AvgIpc) is 2.54. The van der Waals surface area contributed by atoms with E-state index in [4.69, 9.17) is 0 Å². The lowest BCUT2D eigenvalue weighted by molar-refractivity contribution is -0.186. The first-order chi connectivity index (χ1) is 11.2. The van der Waals surface area contributed by atoms with Gasteiger partial charge in [0.25, 0.3) is 0 Å². The third-order valence-corrected chi connectivity index (χ3v) is 3.95. The number of hydrogen-bond donors (Lipinski definition) is 1. The molecule has 24 heavy (non-hydrogen) atoms. The number of piperidine rings is 1. The minimum absolute atomic E-state index is 0.0884. The molecule has 2 rings (SSSR count). The van der Waals surface area contributed by atoms with Crippen LogP contribution in [-0.2, 0) is 9.59 Å². The van der Waals surface area contributed by atoms with Gasteiger partial charge in [-0.3, -0.25) is 14.4 Å². The summed E-state index contributed by atoms with van der Waals surface area (Å²) in [5.41, 5.74) is 1.03. The lowest BCUT2D eigenvalue weighted by Gasteiger charge is -2.31. The number of alkyl halides is 3. The molecule has 0 unspecified atom stereocenters. The first-order valence-corrected chi connectivity index (χ1v) is 7.46. The van der Waals surface area contributed by atoms with Crippen molar-refractivity contribution in [1.29, 1.82) is 0 Å². The molecule has 2 amide bonds. The van der Waals surface area contributed by atoms with Gasteiger partial charge >= 0.3 is 12.1 Å². The van der Waals surface area contributed by atoms with E-state index < -0.39 is 18.0 Å². The predicted octanol–water partition coefficient (Wildman–Crippen LogP) is 2.63. The Morgan fingerprint density at radius 2 is 1.62 bits per heavy atom. The highest BCUT2D eigenvalue weighted by atomic mass is 19.4. The highest BCUT2D eigenvalue weighted by Crippen LogP contribution is 2.24. The summed E-state index contributed by atoms with van der Waals surface area (Å²) in [7, 11) is 0. The second-order valence-corrected chi connectivity index (χ2v) is 5.69. The smallest absolute Gasteiger partial charge is 0.335 e. The van der Waals surface area contributed by atoms with Gasteiger partial charge in [0.05, 0.1) is 0 Å². The van der Waals surface area contributed by atoms with Crippen LogP contribution in [0.25, 0.3) is 0 Å². The molecule has 1 aromatic rings. The lowest BCUT2D eigenvalue weighted by Crippen LogP contribution is -2.46. The van der Waals surface area contributed by atoms with Crippen molar-refractivity contribution in [3.05, 3.63) is 29.8 Å². The Bertz CT molecular complexity index is 633. The van der Waals surface area contributed by atoms with E-state index in [1.54, 1.807) is 24.3 Å². The number of halogens is 3. The summed E-state index contributed by atoms with van der Waals surface area (Å²) in [5, 5.41) is 2.68. The zero-order valence-electron chi connectivity index (χ0n) is 13.0. The molecule has 1 aromatic carbocycles. The van der Waals surface area contributed by atoms with Crippen LogP contribution in [0.4, 0.5) is 18.9 Å². The summed E-state index contributed by atoms with van der Waals surface area (Å²) < 4.78 is 37.1. The maximum absolute atomic E-state index is 12.4. The Hall–Kier alpha value is -2.38. The highest BCUT2D eigenvalue weighted by molar-refractivity contribution is 5.96. The van der Waals surface area contributed by atoms with E-state index in [1.165, 1.54) is 6.92 Å². The van der Waals surface area contributed by atoms with E-state index in [1.807, 2.05) is 0 Å². The molecule has 1 fully saturated rings. The van der Waals surface area contributed by atoms with Crippen molar-refractivity contribution in [2.24, 2.45) is 5.92 Å². The number of amides is 2. The zero-order chi connectivity index (χ0) is 17.9. The first kappa shape index (κ1) is 18.0. The molecular formula is C16H17F3N2O3. The molecule has 0 aromatic heterocycles. The van der Waals surface area contributed by atoms with Crippen molar-refractivity contribution in [2.75, 3.05) is 18.4 Å². The van der Waals surface area contributed by atoms with E-state index in [9.17, 15) is 27.6 Å². The molecule has 0 radical (unpaired) electrons. The predicted molar refractivity (Wildman–Crippen MR) is 80.4 cm³/mol. The third-order valence-electron chi connectivity index (χ3n) is 3.95. The van der Waals surface area contributed by atoms with Gasteiger partial charge in [0.2, 0.25) is 5.91 Å².